The van der Waals surface area contributed by atoms with E-state index in [1.807, 2.05) is 0 Å². The van der Waals surface area contributed by atoms with Crippen molar-refractivity contribution < 1.29 is 4.39 Å². The van der Waals surface area contributed by atoms with Crippen LogP contribution in [0.5, 0.6) is 0 Å². The number of rotatable bonds is 10. The molecule has 4 heteroatoms. The molecule has 1 aromatic rings. The Morgan fingerprint density at radius 3 is 2.38 bits per heavy atom. The van der Waals surface area contributed by atoms with Crippen LogP contribution in [-0.2, 0) is 6.54 Å². The SMILES string of the molecule is CCCNCc1cc(F)cc(N(CCC)CCN(C)C)c1. The Bertz CT molecular complexity index is 407. The summed E-state index contributed by atoms with van der Waals surface area (Å²) in [4.78, 5) is 4.43. The van der Waals surface area contributed by atoms with Crippen LogP contribution in [0.1, 0.15) is 32.3 Å². The summed E-state index contributed by atoms with van der Waals surface area (Å²) in [6.45, 7) is 8.84. The molecule has 1 rings (SSSR count). The van der Waals surface area contributed by atoms with Gasteiger partial charge < -0.3 is 15.1 Å². The number of anilines is 1. The molecule has 0 aliphatic heterocycles. The minimum Gasteiger partial charge on any atom is -0.370 e. The summed E-state index contributed by atoms with van der Waals surface area (Å²) in [7, 11) is 4.13. The monoisotopic (exact) mass is 295 g/mol. The van der Waals surface area contributed by atoms with E-state index in [1.54, 1.807) is 12.1 Å². The molecule has 0 aliphatic carbocycles. The van der Waals surface area contributed by atoms with E-state index in [0.29, 0.717) is 0 Å². The zero-order valence-electron chi connectivity index (χ0n) is 14.0. The Morgan fingerprint density at radius 1 is 1.00 bits per heavy atom. The summed E-state index contributed by atoms with van der Waals surface area (Å²) in [5.41, 5.74) is 2.01. The summed E-state index contributed by atoms with van der Waals surface area (Å²) < 4.78 is 13.9. The van der Waals surface area contributed by atoms with E-state index in [1.165, 1.54) is 0 Å². The average molecular weight is 295 g/mol. The number of benzene rings is 1. The molecule has 0 heterocycles. The van der Waals surface area contributed by atoms with E-state index < -0.39 is 0 Å². The van der Waals surface area contributed by atoms with Crippen LogP contribution in [0.15, 0.2) is 18.2 Å². The van der Waals surface area contributed by atoms with Crippen LogP contribution in [0.2, 0.25) is 0 Å². The van der Waals surface area contributed by atoms with E-state index in [2.05, 4.69) is 49.1 Å². The van der Waals surface area contributed by atoms with Crippen LogP contribution in [0.25, 0.3) is 0 Å². The Morgan fingerprint density at radius 2 is 1.76 bits per heavy atom. The topological polar surface area (TPSA) is 18.5 Å². The highest BCUT2D eigenvalue weighted by Gasteiger charge is 2.09. The van der Waals surface area contributed by atoms with Crippen LogP contribution in [0.4, 0.5) is 10.1 Å². The molecule has 0 fully saturated rings. The van der Waals surface area contributed by atoms with Crippen LogP contribution in [0, 0.1) is 5.82 Å². The van der Waals surface area contributed by atoms with E-state index in [-0.39, 0.29) is 5.82 Å². The van der Waals surface area contributed by atoms with Gasteiger partial charge in [-0.15, -0.1) is 0 Å². The average Bonchev–Trinajstić information content (AvgIpc) is 2.43. The lowest BCUT2D eigenvalue weighted by Crippen LogP contribution is -2.32. The number of likely N-dealkylation sites (N-methyl/N-ethyl adjacent to an activating group) is 1. The molecular weight excluding hydrogens is 265 g/mol. The van der Waals surface area contributed by atoms with Gasteiger partial charge in [0.1, 0.15) is 5.82 Å². The maximum atomic E-state index is 13.9. The van der Waals surface area contributed by atoms with Crippen LogP contribution in [0.3, 0.4) is 0 Å². The molecule has 0 radical (unpaired) electrons. The fourth-order valence-corrected chi connectivity index (χ4v) is 2.29. The van der Waals surface area contributed by atoms with Crippen molar-refractivity contribution in [3.05, 3.63) is 29.6 Å². The van der Waals surface area contributed by atoms with E-state index in [9.17, 15) is 4.39 Å². The first-order valence-corrected chi connectivity index (χ1v) is 7.96. The molecule has 0 unspecified atom stereocenters. The molecule has 0 saturated heterocycles. The first-order chi connectivity index (χ1) is 10.1. The van der Waals surface area contributed by atoms with Crippen LogP contribution in [-0.4, -0.2) is 45.2 Å². The summed E-state index contributed by atoms with van der Waals surface area (Å²) in [5.74, 6) is -0.147. The molecule has 0 aromatic heterocycles. The van der Waals surface area contributed by atoms with Gasteiger partial charge in [0, 0.05) is 31.9 Å². The van der Waals surface area contributed by atoms with Gasteiger partial charge in [-0.05, 0) is 57.2 Å². The Balaban J connectivity index is 2.80. The van der Waals surface area contributed by atoms with E-state index in [4.69, 9.17) is 0 Å². The highest BCUT2D eigenvalue weighted by atomic mass is 19.1. The lowest BCUT2D eigenvalue weighted by molar-refractivity contribution is 0.413. The zero-order chi connectivity index (χ0) is 15.7. The maximum Gasteiger partial charge on any atom is 0.125 e. The van der Waals surface area contributed by atoms with Crippen LogP contribution >= 0.6 is 0 Å². The molecule has 0 aliphatic rings. The molecule has 0 amide bonds. The number of nitrogens with zero attached hydrogens (tertiary/aromatic N) is 2. The van der Waals surface area contributed by atoms with Crippen molar-refractivity contribution in [3.8, 4) is 0 Å². The standard InChI is InChI=1S/C17H30FN3/c1-5-7-19-14-15-11-16(18)13-17(12-15)21(8-6-2)10-9-20(3)4/h11-13,19H,5-10,14H2,1-4H3. The van der Waals surface area contributed by atoms with Gasteiger partial charge in [-0.2, -0.15) is 0 Å². The van der Waals surface area contributed by atoms with Gasteiger partial charge >= 0.3 is 0 Å². The highest BCUT2D eigenvalue weighted by molar-refractivity contribution is 5.49. The first-order valence-electron chi connectivity index (χ1n) is 7.96. The number of nitrogens with one attached hydrogen (secondary N) is 1. The lowest BCUT2D eigenvalue weighted by atomic mass is 10.1. The van der Waals surface area contributed by atoms with Crippen molar-refractivity contribution in [2.75, 3.05) is 45.2 Å². The van der Waals surface area contributed by atoms with E-state index in [0.717, 1.165) is 56.8 Å². The molecule has 0 bridgehead atoms. The van der Waals surface area contributed by atoms with Crippen molar-refractivity contribution in [2.24, 2.45) is 0 Å². The van der Waals surface area contributed by atoms with Crippen molar-refractivity contribution in [1.29, 1.82) is 0 Å². The third-order valence-electron chi connectivity index (χ3n) is 3.37. The Kier molecular flexibility index (Phi) is 8.31. The number of halogens is 1. The third kappa shape index (κ3) is 6.91. The molecule has 0 saturated carbocycles. The van der Waals surface area contributed by atoms with Gasteiger partial charge in [-0.3, -0.25) is 0 Å². The highest BCUT2D eigenvalue weighted by Crippen LogP contribution is 2.19. The van der Waals surface area contributed by atoms with Crippen molar-refractivity contribution in [3.63, 3.8) is 0 Å². The van der Waals surface area contributed by atoms with Gasteiger partial charge in [-0.1, -0.05) is 13.8 Å². The molecule has 120 valence electrons. The van der Waals surface area contributed by atoms with Crippen molar-refractivity contribution in [2.45, 2.75) is 33.2 Å². The van der Waals surface area contributed by atoms with Crippen molar-refractivity contribution >= 4 is 5.69 Å². The first kappa shape index (κ1) is 17.9. The smallest absolute Gasteiger partial charge is 0.125 e. The molecule has 0 spiro atoms. The Hall–Kier alpha value is -1.13. The molecule has 0 atom stereocenters. The number of hydrogen-bond acceptors (Lipinski definition) is 3. The number of hydrogen-bond donors (Lipinski definition) is 1. The normalized spacial score (nSPS) is 11.1. The van der Waals surface area contributed by atoms with E-state index >= 15 is 0 Å². The second-order valence-electron chi connectivity index (χ2n) is 5.78. The lowest BCUT2D eigenvalue weighted by Gasteiger charge is -2.26. The quantitative estimate of drug-likeness (QED) is 0.669. The summed E-state index contributed by atoms with van der Waals surface area (Å²) in [6, 6.07) is 5.38. The molecule has 1 aromatic carbocycles. The van der Waals surface area contributed by atoms with Gasteiger partial charge in [0.2, 0.25) is 0 Å². The molecule has 1 N–H and O–H groups in total. The fraction of sp³-hybridized carbons (Fsp3) is 0.647. The third-order valence-corrected chi connectivity index (χ3v) is 3.37. The van der Waals surface area contributed by atoms with Gasteiger partial charge in [0.15, 0.2) is 0 Å². The zero-order valence-corrected chi connectivity index (χ0v) is 14.0. The predicted octanol–water partition coefficient (Wildman–Crippen LogP) is 3.10. The molecule has 21 heavy (non-hydrogen) atoms. The van der Waals surface area contributed by atoms with Gasteiger partial charge in [-0.25, -0.2) is 4.39 Å². The second kappa shape index (κ2) is 9.74. The summed E-state index contributed by atoms with van der Waals surface area (Å²) in [5, 5.41) is 3.33. The molecular formula is C17H30FN3. The molecule has 3 nitrogen and oxygen atoms in total. The van der Waals surface area contributed by atoms with Crippen LogP contribution < -0.4 is 10.2 Å². The predicted molar refractivity (Wildman–Crippen MR) is 89.5 cm³/mol. The van der Waals surface area contributed by atoms with Gasteiger partial charge in [0.25, 0.3) is 0 Å². The largest absolute Gasteiger partial charge is 0.370 e. The summed E-state index contributed by atoms with van der Waals surface area (Å²) >= 11 is 0. The Labute approximate surface area is 129 Å². The summed E-state index contributed by atoms with van der Waals surface area (Å²) in [6.07, 6.45) is 2.15. The minimum absolute atomic E-state index is 0.147. The van der Waals surface area contributed by atoms with Gasteiger partial charge in [0.05, 0.1) is 0 Å². The second-order valence-corrected chi connectivity index (χ2v) is 5.78. The maximum absolute atomic E-state index is 13.9. The van der Waals surface area contributed by atoms with Crippen molar-refractivity contribution in [1.82, 2.24) is 10.2 Å². The fourth-order valence-electron chi connectivity index (χ4n) is 2.29. The minimum atomic E-state index is -0.147.